The Morgan fingerprint density at radius 2 is 2.00 bits per heavy atom. The zero-order valence-electron chi connectivity index (χ0n) is 11.4. The molecule has 0 heterocycles. The van der Waals surface area contributed by atoms with Crippen molar-refractivity contribution in [3.63, 3.8) is 0 Å². The molecule has 2 bridgehead atoms. The maximum atomic E-state index is 12.0. The number of rotatable bonds is 3. The predicted octanol–water partition coefficient (Wildman–Crippen LogP) is 2.95. The summed E-state index contributed by atoms with van der Waals surface area (Å²) >= 11 is 0. The molecular formula is C15H24O2. The topological polar surface area (TPSA) is 37.3 Å². The lowest BCUT2D eigenvalue weighted by molar-refractivity contribution is -0.181. The van der Waals surface area contributed by atoms with Crippen LogP contribution in [0.3, 0.4) is 0 Å². The van der Waals surface area contributed by atoms with Gasteiger partial charge in [-0.15, -0.1) is 0 Å². The number of allylic oxidation sites excluding steroid dienone is 2. The molecule has 0 aromatic heterocycles. The Labute approximate surface area is 104 Å². The molecule has 17 heavy (non-hydrogen) atoms. The lowest BCUT2D eigenvalue weighted by Gasteiger charge is -2.63. The van der Waals surface area contributed by atoms with E-state index in [1.54, 1.807) is 6.08 Å². The van der Waals surface area contributed by atoms with E-state index in [0.717, 1.165) is 18.4 Å². The standard InChI is InChI=1S/C15H24O2/c1-9(2)5-13(16)8-15-7-12(10(15)3)6-14(17)11(15)4/h5,10-12,14,17H,6-8H2,1-4H3. The molecule has 0 aliphatic heterocycles. The summed E-state index contributed by atoms with van der Waals surface area (Å²) in [6, 6.07) is 0. The minimum atomic E-state index is -0.204. The molecule has 0 aromatic carbocycles. The highest BCUT2D eigenvalue weighted by molar-refractivity contribution is 5.90. The van der Waals surface area contributed by atoms with E-state index in [-0.39, 0.29) is 23.2 Å². The van der Waals surface area contributed by atoms with Gasteiger partial charge in [-0.3, -0.25) is 4.79 Å². The van der Waals surface area contributed by atoms with Crippen LogP contribution < -0.4 is 0 Å². The van der Waals surface area contributed by atoms with E-state index in [0.29, 0.717) is 18.3 Å². The third-order valence-corrected chi connectivity index (χ3v) is 5.24. The van der Waals surface area contributed by atoms with E-state index in [9.17, 15) is 9.90 Å². The molecule has 0 aromatic rings. The van der Waals surface area contributed by atoms with Crippen LogP contribution >= 0.6 is 0 Å². The fourth-order valence-electron chi connectivity index (χ4n) is 4.04. The van der Waals surface area contributed by atoms with Crippen molar-refractivity contribution in [2.24, 2.45) is 23.2 Å². The second-order valence-electron chi connectivity index (χ2n) is 6.44. The Kier molecular flexibility index (Phi) is 3.19. The Bertz CT molecular complexity index is 354. The molecule has 3 rings (SSSR count). The number of fused-ring (bicyclic) bond motifs is 2. The van der Waals surface area contributed by atoms with E-state index in [1.165, 1.54) is 0 Å². The molecule has 3 aliphatic rings. The van der Waals surface area contributed by atoms with Crippen molar-refractivity contribution in [2.45, 2.75) is 53.1 Å². The van der Waals surface area contributed by atoms with Gasteiger partial charge in [0.15, 0.2) is 5.78 Å². The first kappa shape index (κ1) is 12.8. The average molecular weight is 236 g/mol. The largest absolute Gasteiger partial charge is 0.393 e. The van der Waals surface area contributed by atoms with Gasteiger partial charge in [-0.2, -0.15) is 0 Å². The van der Waals surface area contributed by atoms with Crippen molar-refractivity contribution in [3.8, 4) is 0 Å². The van der Waals surface area contributed by atoms with Gasteiger partial charge in [0.2, 0.25) is 0 Å². The highest BCUT2D eigenvalue weighted by atomic mass is 16.3. The molecule has 0 radical (unpaired) electrons. The smallest absolute Gasteiger partial charge is 0.156 e. The van der Waals surface area contributed by atoms with Gasteiger partial charge in [-0.25, -0.2) is 0 Å². The van der Waals surface area contributed by atoms with Gasteiger partial charge in [-0.1, -0.05) is 19.4 Å². The number of hydrogen-bond donors (Lipinski definition) is 1. The van der Waals surface area contributed by atoms with Crippen LogP contribution in [-0.2, 0) is 4.79 Å². The summed E-state index contributed by atoms with van der Waals surface area (Å²) in [7, 11) is 0. The molecule has 0 saturated heterocycles. The number of carbonyl (C=O) groups is 1. The van der Waals surface area contributed by atoms with Gasteiger partial charge < -0.3 is 5.11 Å². The Morgan fingerprint density at radius 3 is 2.53 bits per heavy atom. The second-order valence-corrected chi connectivity index (χ2v) is 6.44. The van der Waals surface area contributed by atoms with Gasteiger partial charge in [0.1, 0.15) is 0 Å². The summed E-state index contributed by atoms with van der Waals surface area (Å²) in [5.74, 6) is 1.73. The maximum Gasteiger partial charge on any atom is 0.156 e. The first-order valence-electron chi connectivity index (χ1n) is 6.72. The summed E-state index contributed by atoms with van der Waals surface area (Å²) in [6.07, 6.45) is 4.23. The highest BCUT2D eigenvalue weighted by Crippen LogP contribution is 2.64. The summed E-state index contributed by atoms with van der Waals surface area (Å²) < 4.78 is 0. The highest BCUT2D eigenvalue weighted by Gasteiger charge is 2.60. The average Bonchev–Trinajstić information content (AvgIpc) is 2.22. The Hall–Kier alpha value is -0.630. The van der Waals surface area contributed by atoms with Crippen molar-refractivity contribution in [1.29, 1.82) is 0 Å². The fraction of sp³-hybridized carbons (Fsp3) is 0.800. The fourth-order valence-corrected chi connectivity index (χ4v) is 4.04. The van der Waals surface area contributed by atoms with Crippen LogP contribution in [0.5, 0.6) is 0 Å². The van der Waals surface area contributed by atoms with Crippen molar-refractivity contribution < 1.29 is 9.90 Å². The summed E-state index contributed by atoms with van der Waals surface area (Å²) in [5, 5.41) is 10.0. The van der Waals surface area contributed by atoms with Gasteiger partial charge >= 0.3 is 0 Å². The van der Waals surface area contributed by atoms with E-state index in [4.69, 9.17) is 0 Å². The second kappa shape index (κ2) is 4.24. The van der Waals surface area contributed by atoms with Crippen molar-refractivity contribution in [3.05, 3.63) is 11.6 Å². The van der Waals surface area contributed by atoms with Crippen LogP contribution in [-0.4, -0.2) is 17.0 Å². The molecule has 0 amide bonds. The zero-order chi connectivity index (χ0) is 12.8. The van der Waals surface area contributed by atoms with Crippen LogP contribution in [0.25, 0.3) is 0 Å². The quantitative estimate of drug-likeness (QED) is 0.765. The number of ketones is 1. The molecule has 1 N–H and O–H groups in total. The molecule has 3 aliphatic carbocycles. The molecule has 5 unspecified atom stereocenters. The van der Waals surface area contributed by atoms with E-state index < -0.39 is 0 Å². The third-order valence-electron chi connectivity index (χ3n) is 5.24. The molecule has 2 nitrogen and oxygen atoms in total. The molecule has 3 fully saturated rings. The van der Waals surface area contributed by atoms with Gasteiger partial charge in [-0.05, 0) is 55.9 Å². The first-order valence-corrected chi connectivity index (χ1v) is 6.72. The number of carbonyl (C=O) groups excluding carboxylic acids is 1. The van der Waals surface area contributed by atoms with Crippen molar-refractivity contribution >= 4 is 5.78 Å². The summed E-state index contributed by atoms with van der Waals surface area (Å²) in [4.78, 5) is 12.0. The Balaban J connectivity index is 2.13. The van der Waals surface area contributed by atoms with Crippen LogP contribution in [0, 0.1) is 23.2 Å². The lowest BCUT2D eigenvalue weighted by Crippen LogP contribution is -2.60. The third kappa shape index (κ3) is 1.97. The first-order chi connectivity index (χ1) is 7.86. The maximum absolute atomic E-state index is 12.0. The van der Waals surface area contributed by atoms with Crippen LogP contribution in [0.1, 0.15) is 47.0 Å². The van der Waals surface area contributed by atoms with Gasteiger partial charge in [0.25, 0.3) is 0 Å². The minimum absolute atomic E-state index is 0.0748. The van der Waals surface area contributed by atoms with E-state index in [2.05, 4.69) is 13.8 Å². The van der Waals surface area contributed by atoms with Crippen LogP contribution in [0.4, 0.5) is 0 Å². The monoisotopic (exact) mass is 236 g/mol. The normalized spacial score (nSPS) is 43.8. The number of aliphatic hydroxyl groups is 1. The minimum Gasteiger partial charge on any atom is -0.393 e. The SMILES string of the molecule is CC(C)=CC(=O)CC12CC(CC(O)C1C)C2C. The van der Waals surface area contributed by atoms with E-state index in [1.807, 2.05) is 13.8 Å². The molecule has 5 atom stereocenters. The number of hydrogen-bond acceptors (Lipinski definition) is 2. The lowest BCUT2D eigenvalue weighted by atomic mass is 9.42. The molecule has 96 valence electrons. The van der Waals surface area contributed by atoms with Crippen LogP contribution in [0.15, 0.2) is 11.6 Å². The van der Waals surface area contributed by atoms with Crippen LogP contribution in [0.2, 0.25) is 0 Å². The number of aliphatic hydroxyl groups excluding tert-OH is 1. The molecular weight excluding hydrogens is 212 g/mol. The van der Waals surface area contributed by atoms with Gasteiger partial charge in [0, 0.05) is 6.42 Å². The van der Waals surface area contributed by atoms with Gasteiger partial charge in [0.05, 0.1) is 6.10 Å². The van der Waals surface area contributed by atoms with E-state index >= 15 is 0 Å². The summed E-state index contributed by atoms with van der Waals surface area (Å²) in [6.45, 7) is 8.29. The Morgan fingerprint density at radius 1 is 1.35 bits per heavy atom. The molecule has 2 heteroatoms. The molecule has 0 spiro atoms. The molecule has 3 saturated carbocycles. The zero-order valence-corrected chi connectivity index (χ0v) is 11.4. The summed E-state index contributed by atoms with van der Waals surface area (Å²) in [5.41, 5.74) is 1.14. The van der Waals surface area contributed by atoms with Crippen molar-refractivity contribution in [1.82, 2.24) is 0 Å². The predicted molar refractivity (Wildman–Crippen MR) is 68.5 cm³/mol. The van der Waals surface area contributed by atoms with Crippen molar-refractivity contribution in [2.75, 3.05) is 0 Å².